The third kappa shape index (κ3) is 3.38. The number of rotatable bonds is 4. The summed E-state index contributed by atoms with van der Waals surface area (Å²) in [6, 6.07) is 7.95. The average Bonchev–Trinajstić information content (AvgIpc) is 3.23. The third-order valence-corrected chi connectivity index (χ3v) is 5.82. The van der Waals surface area contributed by atoms with Gasteiger partial charge in [-0.15, -0.1) is 10.2 Å². The second-order valence-corrected chi connectivity index (χ2v) is 7.50. The number of anilines is 1. The van der Waals surface area contributed by atoms with Crippen LogP contribution in [0.2, 0.25) is 0 Å². The summed E-state index contributed by atoms with van der Waals surface area (Å²) in [5.74, 6) is 2.48. The summed E-state index contributed by atoms with van der Waals surface area (Å²) in [7, 11) is 0. The Morgan fingerprint density at radius 2 is 1.96 bits per heavy atom. The van der Waals surface area contributed by atoms with Crippen LogP contribution < -0.4 is 11.1 Å². The minimum Gasteiger partial charge on any atom is -0.330 e. The van der Waals surface area contributed by atoms with E-state index in [4.69, 9.17) is 5.73 Å². The molecule has 2 heterocycles. The monoisotopic (exact) mass is 353 g/mol. The summed E-state index contributed by atoms with van der Waals surface area (Å²) in [5, 5.41) is 11.8. The Balaban J connectivity index is 1.47. The van der Waals surface area contributed by atoms with Crippen LogP contribution in [0.5, 0.6) is 0 Å². The molecule has 1 aliphatic heterocycles. The highest BCUT2D eigenvalue weighted by Gasteiger charge is 2.31. The van der Waals surface area contributed by atoms with Crippen molar-refractivity contribution >= 4 is 11.6 Å². The van der Waals surface area contributed by atoms with Crippen LogP contribution in [0, 0.1) is 11.8 Å². The number of fused-ring (bicyclic) bond motifs is 1. The molecule has 2 atom stereocenters. The lowest BCUT2D eigenvalue weighted by Crippen LogP contribution is -2.29. The van der Waals surface area contributed by atoms with Crippen molar-refractivity contribution in [2.45, 2.75) is 51.5 Å². The van der Waals surface area contributed by atoms with E-state index in [-0.39, 0.29) is 11.8 Å². The topological polar surface area (TPSA) is 85.8 Å². The molecular formula is C20H27N5O. The molecule has 0 radical (unpaired) electrons. The molecule has 1 aromatic heterocycles. The fourth-order valence-corrected chi connectivity index (χ4v) is 4.30. The standard InChI is InChI=1S/C20H27N5O/c21-13-15-5-4-6-17(15)20(26)22-16-10-8-14(9-11-16)19-24-23-18-7-2-1-3-12-25(18)19/h8-11,15,17H,1-7,12-13,21H2,(H,22,26)/t15-,17-/m1/s1. The fourth-order valence-electron chi connectivity index (χ4n) is 4.30. The molecule has 6 nitrogen and oxygen atoms in total. The van der Waals surface area contributed by atoms with Gasteiger partial charge in [0.05, 0.1) is 0 Å². The molecule has 0 spiro atoms. The Morgan fingerprint density at radius 3 is 2.77 bits per heavy atom. The maximum atomic E-state index is 12.5. The van der Waals surface area contributed by atoms with Gasteiger partial charge in [0.2, 0.25) is 5.91 Å². The van der Waals surface area contributed by atoms with Gasteiger partial charge >= 0.3 is 0 Å². The zero-order valence-electron chi connectivity index (χ0n) is 15.2. The van der Waals surface area contributed by atoms with Crippen molar-refractivity contribution in [2.24, 2.45) is 17.6 Å². The van der Waals surface area contributed by atoms with Crippen molar-refractivity contribution in [1.29, 1.82) is 0 Å². The van der Waals surface area contributed by atoms with Gasteiger partial charge in [0.15, 0.2) is 5.82 Å². The molecule has 2 aromatic rings. The minimum atomic E-state index is 0.0481. The van der Waals surface area contributed by atoms with Crippen LogP contribution in [-0.4, -0.2) is 27.2 Å². The number of nitrogens with zero attached hydrogens (tertiary/aromatic N) is 3. The highest BCUT2D eigenvalue weighted by molar-refractivity contribution is 5.93. The van der Waals surface area contributed by atoms with Crippen molar-refractivity contribution < 1.29 is 4.79 Å². The fraction of sp³-hybridized carbons (Fsp3) is 0.550. The van der Waals surface area contributed by atoms with Gasteiger partial charge < -0.3 is 15.6 Å². The van der Waals surface area contributed by atoms with Crippen molar-refractivity contribution in [3.63, 3.8) is 0 Å². The van der Waals surface area contributed by atoms with Gasteiger partial charge in [0.1, 0.15) is 5.82 Å². The molecule has 1 fully saturated rings. The van der Waals surface area contributed by atoms with Gasteiger partial charge in [0, 0.05) is 30.1 Å². The van der Waals surface area contributed by atoms with E-state index < -0.39 is 0 Å². The normalized spacial score (nSPS) is 22.7. The van der Waals surface area contributed by atoms with E-state index >= 15 is 0 Å². The molecular weight excluding hydrogens is 326 g/mol. The van der Waals surface area contributed by atoms with E-state index in [0.29, 0.717) is 12.5 Å². The number of nitrogens with two attached hydrogens (primary N) is 1. The number of hydrogen-bond acceptors (Lipinski definition) is 4. The molecule has 0 unspecified atom stereocenters. The summed E-state index contributed by atoms with van der Waals surface area (Å²) >= 11 is 0. The number of aromatic nitrogens is 3. The van der Waals surface area contributed by atoms with Crippen molar-refractivity contribution in [2.75, 3.05) is 11.9 Å². The maximum Gasteiger partial charge on any atom is 0.227 e. The number of carbonyl (C=O) groups excluding carboxylic acids is 1. The van der Waals surface area contributed by atoms with Crippen molar-refractivity contribution in [3.05, 3.63) is 30.1 Å². The summed E-state index contributed by atoms with van der Waals surface area (Å²) < 4.78 is 2.24. The third-order valence-electron chi connectivity index (χ3n) is 5.82. The van der Waals surface area contributed by atoms with Crippen molar-refractivity contribution in [1.82, 2.24) is 14.8 Å². The summed E-state index contributed by atoms with van der Waals surface area (Å²) in [4.78, 5) is 12.5. The SMILES string of the molecule is NC[C@H]1CCC[C@H]1C(=O)Nc1ccc(-c2nnc3n2CCCCC3)cc1. The predicted octanol–water partition coefficient (Wildman–Crippen LogP) is 2.99. The van der Waals surface area contributed by atoms with E-state index in [1.54, 1.807) is 0 Å². The van der Waals surface area contributed by atoms with Crippen LogP contribution >= 0.6 is 0 Å². The molecule has 0 saturated heterocycles. The smallest absolute Gasteiger partial charge is 0.227 e. The Kier molecular flexibility index (Phi) is 5.02. The molecule has 2 aliphatic rings. The molecule has 0 bridgehead atoms. The molecule has 138 valence electrons. The molecule has 3 N–H and O–H groups in total. The molecule has 26 heavy (non-hydrogen) atoms. The van der Waals surface area contributed by atoms with Crippen molar-refractivity contribution in [3.8, 4) is 11.4 Å². The molecule has 4 rings (SSSR count). The quantitative estimate of drug-likeness (QED) is 0.885. The predicted molar refractivity (Wildman–Crippen MR) is 102 cm³/mol. The van der Waals surface area contributed by atoms with Crippen LogP contribution in [-0.2, 0) is 17.8 Å². The van der Waals surface area contributed by atoms with Gasteiger partial charge in [-0.05, 0) is 62.4 Å². The lowest BCUT2D eigenvalue weighted by Gasteiger charge is -2.17. The number of nitrogens with one attached hydrogen (secondary N) is 1. The first-order valence-corrected chi connectivity index (χ1v) is 9.79. The highest BCUT2D eigenvalue weighted by atomic mass is 16.1. The number of carbonyl (C=O) groups is 1. The number of hydrogen-bond donors (Lipinski definition) is 2. The Bertz CT molecular complexity index is 767. The van der Waals surface area contributed by atoms with Crippen LogP contribution in [0.1, 0.15) is 44.3 Å². The summed E-state index contributed by atoms with van der Waals surface area (Å²) in [6.45, 7) is 1.58. The Hall–Kier alpha value is -2.21. The second-order valence-electron chi connectivity index (χ2n) is 7.50. The lowest BCUT2D eigenvalue weighted by molar-refractivity contribution is -0.120. The first-order chi connectivity index (χ1) is 12.8. The molecule has 1 amide bonds. The van der Waals surface area contributed by atoms with Gasteiger partial charge in [-0.3, -0.25) is 4.79 Å². The van der Waals surface area contributed by atoms with E-state index in [2.05, 4.69) is 20.1 Å². The zero-order valence-corrected chi connectivity index (χ0v) is 15.2. The first kappa shape index (κ1) is 17.2. The Labute approximate surface area is 154 Å². The minimum absolute atomic E-state index is 0.0481. The van der Waals surface area contributed by atoms with Crippen LogP contribution in [0.25, 0.3) is 11.4 Å². The molecule has 6 heteroatoms. The van der Waals surface area contributed by atoms with Crippen LogP contribution in [0.15, 0.2) is 24.3 Å². The van der Waals surface area contributed by atoms with Gasteiger partial charge in [-0.1, -0.05) is 12.8 Å². The van der Waals surface area contributed by atoms with E-state index in [1.807, 2.05) is 24.3 Å². The lowest BCUT2D eigenvalue weighted by atomic mass is 9.95. The molecule has 1 saturated carbocycles. The number of amides is 1. The zero-order chi connectivity index (χ0) is 17.9. The Morgan fingerprint density at radius 1 is 1.12 bits per heavy atom. The van der Waals surface area contributed by atoms with E-state index in [9.17, 15) is 4.79 Å². The maximum absolute atomic E-state index is 12.5. The summed E-state index contributed by atoms with van der Waals surface area (Å²) in [5.41, 5.74) is 7.68. The van der Waals surface area contributed by atoms with Crippen LogP contribution in [0.3, 0.4) is 0 Å². The largest absolute Gasteiger partial charge is 0.330 e. The highest BCUT2D eigenvalue weighted by Crippen LogP contribution is 2.32. The van der Waals surface area contributed by atoms with Crippen LogP contribution in [0.4, 0.5) is 5.69 Å². The van der Waals surface area contributed by atoms with E-state index in [1.165, 1.54) is 19.3 Å². The number of benzene rings is 1. The van der Waals surface area contributed by atoms with E-state index in [0.717, 1.165) is 55.1 Å². The van der Waals surface area contributed by atoms with Gasteiger partial charge in [-0.25, -0.2) is 0 Å². The van der Waals surface area contributed by atoms with Gasteiger partial charge in [0.25, 0.3) is 0 Å². The van der Waals surface area contributed by atoms with Gasteiger partial charge in [-0.2, -0.15) is 0 Å². The first-order valence-electron chi connectivity index (χ1n) is 9.79. The molecule has 1 aromatic carbocycles. The summed E-state index contributed by atoms with van der Waals surface area (Å²) in [6.07, 6.45) is 7.72. The molecule has 1 aliphatic carbocycles. The average molecular weight is 353 g/mol. The number of aryl methyl sites for hydroxylation is 1. The second kappa shape index (κ2) is 7.58.